The molecule has 4 rings (SSSR count). The first-order valence-corrected chi connectivity index (χ1v) is 14.8. The summed E-state index contributed by atoms with van der Waals surface area (Å²) in [6.07, 6.45) is 7.27. The van der Waals surface area contributed by atoms with Gasteiger partial charge in [-0.3, -0.25) is 24.0 Å². The normalized spacial score (nSPS) is 29.3. The summed E-state index contributed by atoms with van der Waals surface area (Å²) in [6, 6.07) is -2.25. The van der Waals surface area contributed by atoms with E-state index in [0.29, 0.717) is 25.9 Å². The number of likely N-dealkylation sites (tertiary alicyclic amines) is 1. The zero-order valence-corrected chi connectivity index (χ0v) is 24.0. The molecule has 9 nitrogen and oxygen atoms in total. The molecule has 216 valence electrons. The van der Waals surface area contributed by atoms with E-state index >= 15 is 0 Å². The molecule has 4 aliphatic rings. The third kappa shape index (κ3) is 6.22. The topological polar surface area (TPSA) is 125 Å². The number of carbonyl (C=O) groups excluding carboxylic acids is 5. The number of nitrogens with zero attached hydrogens (tertiary/aromatic N) is 1. The zero-order valence-electron chi connectivity index (χ0n) is 24.0. The Morgan fingerprint density at radius 1 is 1.10 bits per heavy atom. The van der Waals surface area contributed by atoms with Crippen molar-refractivity contribution >= 4 is 29.4 Å². The second-order valence-electron chi connectivity index (χ2n) is 13.1. The lowest BCUT2D eigenvalue weighted by molar-refractivity contribution is -0.145. The Morgan fingerprint density at radius 3 is 2.38 bits per heavy atom. The molecule has 4 fully saturated rings. The van der Waals surface area contributed by atoms with Crippen LogP contribution < -0.4 is 16.0 Å². The summed E-state index contributed by atoms with van der Waals surface area (Å²) < 4.78 is 0. The van der Waals surface area contributed by atoms with Gasteiger partial charge in [-0.1, -0.05) is 53.5 Å². The molecule has 0 unspecified atom stereocenters. The maximum atomic E-state index is 14.2. The third-order valence-corrected chi connectivity index (χ3v) is 9.60. The minimum atomic E-state index is -0.874. The van der Waals surface area contributed by atoms with Crippen molar-refractivity contribution in [3.63, 3.8) is 0 Å². The molecule has 0 aromatic carbocycles. The van der Waals surface area contributed by atoms with E-state index < -0.39 is 18.1 Å². The van der Waals surface area contributed by atoms with Crippen molar-refractivity contribution in [1.29, 1.82) is 0 Å². The highest BCUT2D eigenvalue weighted by Gasteiger charge is 2.69. The molecule has 39 heavy (non-hydrogen) atoms. The van der Waals surface area contributed by atoms with Gasteiger partial charge in [0.05, 0.1) is 6.04 Å². The van der Waals surface area contributed by atoms with Gasteiger partial charge in [-0.25, -0.2) is 0 Å². The summed E-state index contributed by atoms with van der Waals surface area (Å²) in [5.41, 5.74) is -0.0940. The first-order valence-electron chi connectivity index (χ1n) is 14.8. The third-order valence-electron chi connectivity index (χ3n) is 9.60. The number of hydrogen-bond acceptors (Lipinski definition) is 5. The molecule has 0 bridgehead atoms. The molecule has 4 amide bonds. The van der Waals surface area contributed by atoms with Crippen LogP contribution in [-0.4, -0.2) is 65.5 Å². The molecule has 0 aromatic rings. The summed E-state index contributed by atoms with van der Waals surface area (Å²) in [5.74, 6) is -1.10. The highest BCUT2D eigenvalue weighted by atomic mass is 16.2. The van der Waals surface area contributed by atoms with Crippen molar-refractivity contribution in [3.8, 4) is 0 Å². The van der Waals surface area contributed by atoms with Gasteiger partial charge in [-0.05, 0) is 60.8 Å². The van der Waals surface area contributed by atoms with Gasteiger partial charge in [0.15, 0.2) is 5.78 Å². The molecule has 0 radical (unpaired) electrons. The summed E-state index contributed by atoms with van der Waals surface area (Å²) >= 11 is 0. The first kappa shape index (κ1) is 29.3. The van der Waals surface area contributed by atoms with Crippen LogP contribution in [0.5, 0.6) is 0 Å². The zero-order chi connectivity index (χ0) is 28.5. The lowest BCUT2D eigenvalue weighted by Crippen LogP contribution is -2.59. The molecule has 3 N–H and O–H groups in total. The minimum Gasteiger partial charge on any atom is -0.356 e. The van der Waals surface area contributed by atoms with Gasteiger partial charge in [-0.2, -0.15) is 0 Å². The van der Waals surface area contributed by atoms with Crippen LogP contribution in [-0.2, 0) is 24.0 Å². The fourth-order valence-corrected chi connectivity index (χ4v) is 7.24. The van der Waals surface area contributed by atoms with Crippen molar-refractivity contribution in [1.82, 2.24) is 20.9 Å². The van der Waals surface area contributed by atoms with Gasteiger partial charge < -0.3 is 20.9 Å². The van der Waals surface area contributed by atoms with Crippen LogP contribution in [0.4, 0.5) is 0 Å². The van der Waals surface area contributed by atoms with Crippen LogP contribution in [0.15, 0.2) is 12.7 Å². The van der Waals surface area contributed by atoms with Crippen molar-refractivity contribution in [2.45, 2.75) is 97.2 Å². The monoisotopic (exact) mass is 542 g/mol. The van der Waals surface area contributed by atoms with Crippen LogP contribution in [0.2, 0.25) is 0 Å². The van der Waals surface area contributed by atoms with E-state index in [9.17, 15) is 24.0 Å². The highest BCUT2D eigenvalue weighted by Crippen LogP contribution is 2.65. The molecule has 6 atom stereocenters. The Morgan fingerprint density at radius 2 is 1.79 bits per heavy atom. The molecular weight excluding hydrogens is 496 g/mol. The van der Waals surface area contributed by atoms with Gasteiger partial charge in [0.2, 0.25) is 23.6 Å². The van der Waals surface area contributed by atoms with Crippen LogP contribution in [0, 0.1) is 35.0 Å². The molecule has 2 aliphatic carbocycles. The molecule has 2 saturated carbocycles. The maximum absolute atomic E-state index is 14.2. The average molecular weight is 543 g/mol. The van der Waals surface area contributed by atoms with Crippen LogP contribution in [0.3, 0.4) is 0 Å². The molecule has 2 heterocycles. The Bertz CT molecular complexity index is 1000. The van der Waals surface area contributed by atoms with Crippen molar-refractivity contribution in [2.24, 2.45) is 35.0 Å². The summed E-state index contributed by atoms with van der Waals surface area (Å²) in [5, 5.41) is 8.73. The van der Waals surface area contributed by atoms with E-state index in [4.69, 9.17) is 0 Å². The second kappa shape index (κ2) is 11.8. The minimum absolute atomic E-state index is 0.0194. The van der Waals surface area contributed by atoms with E-state index in [1.54, 1.807) is 4.90 Å². The average Bonchev–Trinajstić information content (AvgIpc) is 3.24. The Labute approximate surface area is 232 Å². The predicted octanol–water partition coefficient (Wildman–Crippen LogP) is 2.35. The van der Waals surface area contributed by atoms with Gasteiger partial charge in [0, 0.05) is 25.4 Å². The van der Waals surface area contributed by atoms with E-state index in [0.717, 1.165) is 32.1 Å². The van der Waals surface area contributed by atoms with Crippen molar-refractivity contribution in [2.75, 3.05) is 13.1 Å². The van der Waals surface area contributed by atoms with Crippen molar-refractivity contribution < 1.29 is 24.0 Å². The highest BCUT2D eigenvalue weighted by molar-refractivity contribution is 5.99. The molecular formula is C30H46N4O5. The lowest BCUT2D eigenvalue weighted by atomic mass is 9.82. The van der Waals surface area contributed by atoms with Crippen molar-refractivity contribution in [3.05, 3.63) is 12.7 Å². The van der Waals surface area contributed by atoms with E-state index in [1.165, 1.54) is 6.08 Å². The van der Waals surface area contributed by atoms with Gasteiger partial charge in [-0.15, -0.1) is 0 Å². The SMILES string of the molecule is C=CC(=O)[C@H](C[C@@H]1CCNC1=O)NC(=O)[C@@H]1[C@@H]2[C@H](CN1C(=O)[C@@H](NC(=O)CC(C)C)C1CCCCC1)C2(C)C. The molecule has 2 aliphatic heterocycles. The fraction of sp³-hybridized carbons (Fsp3) is 0.767. The lowest BCUT2D eigenvalue weighted by Gasteiger charge is -2.37. The van der Waals surface area contributed by atoms with Gasteiger partial charge in [0.1, 0.15) is 12.1 Å². The number of amides is 4. The summed E-state index contributed by atoms with van der Waals surface area (Å²) in [7, 11) is 0. The van der Waals surface area contributed by atoms with E-state index in [1.807, 2.05) is 13.8 Å². The molecule has 0 spiro atoms. The molecule has 9 heteroatoms. The number of hydrogen-bond donors (Lipinski definition) is 3. The number of carbonyl (C=O) groups is 5. The van der Waals surface area contributed by atoms with Crippen LogP contribution in [0.25, 0.3) is 0 Å². The number of rotatable bonds is 11. The first-order chi connectivity index (χ1) is 18.4. The van der Waals surface area contributed by atoms with Crippen LogP contribution >= 0.6 is 0 Å². The van der Waals surface area contributed by atoms with Gasteiger partial charge >= 0.3 is 0 Å². The Hall–Kier alpha value is -2.71. The molecule has 0 aromatic heterocycles. The summed E-state index contributed by atoms with van der Waals surface area (Å²) in [4.78, 5) is 67.4. The summed E-state index contributed by atoms with van der Waals surface area (Å²) in [6.45, 7) is 12.8. The van der Waals surface area contributed by atoms with Gasteiger partial charge in [0.25, 0.3) is 0 Å². The molecule has 2 saturated heterocycles. The largest absolute Gasteiger partial charge is 0.356 e. The van der Waals surface area contributed by atoms with Crippen LogP contribution in [0.1, 0.15) is 79.1 Å². The van der Waals surface area contributed by atoms with E-state index in [2.05, 4.69) is 36.4 Å². The standard InChI is InChI=1S/C30H46N4O5/c1-6-22(35)21(15-19-12-13-31-27(19)37)32-28(38)26-24-20(30(24,4)5)16-34(26)29(39)25(18-10-8-7-9-11-18)33-23(36)14-17(2)3/h6,17-21,24-26H,1,7-16H2,2-5H3,(H,31,37)(H,32,38)(H,33,36)/t19-,20-,21-,24-,25-,26-/m0/s1. The number of fused-ring (bicyclic) bond motifs is 1. The number of piperidine rings is 1. The number of nitrogens with one attached hydrogen (secondary N) is 3. The Kier molecular flexibility index (Phi) is 8.86. The Balaban J connectivity index is 1.55. The maximum Gasteiger partial charge on any atom is 0.246 e. The quantitative estimate of drug-likeness (QED) is 0.346. The number of ketones is 1. The predicted molar refractivity (Wildman–Crippen MR) is 147 cm³/mol. The smallest absolute Gasteiger partial charge is 0.246 e. The second-order valence-corrected chi connectivity index (χ2v) is 13.1. The van der Waals surface area contributed by atoms with E-state index in [-0.39, 0.29) is 70.8 Å². The fourth-order valence-electron chi connectivity index (χ4n) is 7.24.